The van der Waals surface area contributed by atoms with E-state index in [2.05, 4.69) is 15.0 Å². The molecule has 2 aromatic rings. The summed E-state index contributed by atoms with van der Waals surface area (Å²) < 4.78 is 38.1. The average Bonchev–Trinajstić information content (AvgIpc) is 3.14. The molecule has 0 radical (unpaired) electrons. The van der Waals surface area contributed by atoms with Crippen LogP contribution in [0.4, 0.5) is 0 Å². The van der Waals surface area contributed by atoms with Gasteiger partial charge in [-0.3, -0.25) is 14.4 Å². The van der Waals surface area contributed by atoms with Crippen LogP contribution in [0.2, 0.25) is 0 Å². The molecule has 0 atom stereocenters. The monoisotopic (exact) mass is 544 g/mol. The molecule has 11 heteroatoms. The van der Waals surface area contributed by atoms with E-state index in [-0.39, 0.29) is 15.9 Å². The van der Waals surface area contributed by atoms with Crippen LogP contribution in [0.15, 0.2) is 58.0 Å². The molecule has 198 valence electrons. The number of carbonyl (C=O) groups is 1. The normalized spacial score (nSPS) is 14.5. The number of nitrogens with zero attached hydrogens (tertiary/aromatic N) is 2. The van der Waals surface area contributed by atoms with E-state index in [9.17, 15) is 13.2 Å². The minimum atomic E-state index is -3.77. The van der Waals surface area contributed by atoms with Gasteiger partial charge in [0.15, 0.2) is 16.6 Å². The fraction of sp³-hybridized carbons (Fsp3) is 0.346. The zero-order valence-corrected chi connectivity index (χ0v) is 23.0. The Morgan fingerprint density at radius 1 is 1.11 bits per heavy atom. The van der Waals surface area contributed by atoms with Gasteiger partial charge in [-0.05, 0) is 73.5 Å². The number of methoxy groups -OCH3 is 2. The van der Waals surface area contributed by atoms with Gasteiger partial charge in [-0.25, -0.2) is 13.4 Å². The van der Waals surface area contributed by atoms with Crippen LogP contribution in [0.5, 0.6) is 11.5 Å². The molecule has 0 saturated carbocycles. The van der Waals surface area contributed by atoms with Gasteiger partial charge in [0.1, 0.15) is 11.5 Å². The quantitative estimate of drug-likeness (QED) is 0.253. The molecule has 1 aliphatic rings. The average molecular weight is 545 g/mol. The highest BCUT2D eigenvalue weighted by atomic mass is 32.2. The molecule has 0 bridgehead atoms. The molecular formula is C26H32N4O5S2. The maximum atomic E-state index is 13.0. The maximum absolute atomic E-state index is 13.0. The number of amides is 1. The fourth-order valence-corrected chi connectivity index (χ4v) is 5.06. The van der Waals surface area contributed by atoms with Crippen LogP contribution in [0.25, 0.3) is 6.08 Å². The number of sulfonamides is 1. The van der Waals surface area contributed by atoms with Crippen molar-refractivity contribution in [2.24, 2.45) is 4.99 Å². The van der Waals surface area contributed by atoms with E-state index in [0.29, 0.717) is 42.5 Å². The van der Waals surface area contributed by atoms with Crippen molar-refractivity contribution in [3.8, 4) is 11.5 Å². The van der Waals surface area contributed by atoms with Crippen LogP contribution < -0.4 is 19.5 Å². The summed E-state index contributed by atoms with van der Waals surface area (Å²) in [5.41, 5.74) is 1.99. The molecule has 0 spiro atoms. The van der Waals surface area contributed by atoms with Gasteiger partial charge in [-0.2, -0.15) is 0 Å². The van der Waals surface area contributed by atoms with Crippen LogP contribution in [0.1, 0.15) is 37.8 Å². The van der Waals surface area contributed by atoms with Crippen LogP contribution in [0, 0.1) is 0 Å². The highest BCUT2D eigenvalue weighted by Crippen LogP contribution is 2.29. The van der Waals surface area contributed by atoms with Crippen molar-refractivity contribution < 1.29 is 22.7 Å². The Hall–Kier alpha value is -3.44. The standard InChI is InChI=1S/C26H32N4O5S2/c1-5-6-14-27-26(36)29-37(32,33)21-10-7-19(8-11-21)13-15-30-18(2)28-22(25(30)31)16-20-9-12-23(34-3)24(17-20)35-4/h7-12,16-17H,5-6,13-15H2,1-4H3,(H2,27,29,36)/b22-16-. The SMILES string of the molecule is CCCCNC(=S)NS(=O)(=O)c1ccc(CCN2C(=O)/C(=C/c3ccc(OC)c(OC)c3)N=C2C)cc1. The molecule has 1 heterocycles. The lowest BCUT2D eigenvalue weighted by Crippen LogP contribution is -2.39. The molecule has 0 saturated heterocycles. The molecule has 0 unspecified atom stereocenters. The molecule has 0 aromatic heterocycles. The summed E-state index contributed by atoms with van der Waals surface area (Å²) in [6, 6.07) is 11.9. The molecule has 1 amide bonds. The second kappa shape index (κ2) is 12.7. The Balaban J connectivity index is 1.62. The highest BCUT2D eigenvalue weighted by molar-refractivity contribution is 7.91. The third-order valence-electron chi connectivity index (χ3n) is 5.75. The Bertz CT molecular complexity index is 1300. The lowest BCUT2D eigenvalue weighted by Gasteiger charge is -2.16. The van der Waals surface area contributed by atoms with E-state index in [1.54, 1.807) is 56.4 Å². The molecule has 3 rings (SSSR count). The number of thiocarbonyl (C=S) groups is 1. The largest absolute Gasteiger partial charge is 0.493 e. The Morgan fingerprint density at radius 2 is 1.81 bits per heavy atom. The smallest absolute Gasteiger partial charge is 0.277 e. The number of hydrogen-bond donors (Lipinski definition) is 2. The first-order valence-electron chi connectivity index (χ1n) is 11.9. The van der Waals surface area contributed by atoms with Gasteiger partial charge < -0.3 is 14.8 Å². The Kier molecular flexibility index (Phi) is 9.65. The molecule has 0 fully saturated rings. The molecule has 2 aromatic carbocycles. The number of amidine groups is 1. The second-order valence-corrected chi connectivity index (χ2v) is 10.5. The summed E-state index contributed by atoms with van der Waals surface area (Å²) in [5, 5.41) is 2.97. The third-order valence-corrected chi connectivity index (χ3v) is 7.49. The highest BCUT2D eigenvalue weighted by Gasteiger charge is 2.27. The summed E-state index contributed by atoms with van der Waals surface area (Å²) in [6.45, 7) is 4.85. The van der Waals surface area contributed by atoms with E-state index in [4.69, 9.17) is 21.7 Å². The maximum Gasteiger partial charge on any atom is 0.277 e. The number of ether oxygens (including phenoxy) is 2. The number of carbonyl (C=O) groups excluding carboxylic acids is 1. The Labute approximate surface area is 223 Å². The van der Waals surface area contributed by atoms with Gasteiger partial charge in [0.2, 0.25) is 0 Å². The van der Waals surface area contributed by atoms with Gasteiger partial charge in [-0.1, -0.05) is 31.5 Å². The number of nitrogens with one attached hydrogen (secondary N) is 2. The molecule has 0 aliphatic carbocycles. The first-order valence-corrected chi connectivity index (χ1v) is 13.8. The molecule has 37 heavy (non-hydrogen) atoms. The van der Waals surface area contributed by atoms with Gasteiger partial charge >= 0.3 is 0 Å². The molecule has 1 aliphatic heterocycles. The number of benzene rings is 2. The van der Waals surface area contributed by atoms with Crippen LogP contribution in [0.3, 0.4) is 0 Å². The van der Waals surface area contributed by atoms with Gasteiger partial charge in [0, 0.05) is 13.1 Å². The topological polar surface area (TPSA) is 109 Å². The van der Waals surface area contributed by atoms with E-state index in [0.717, 1.165) is 24.0 Å². The fourth-order valence-electron chi connectivity index (χ4n) is 3.70. The summed E-state index contributed by atoms with van der Waals surface area (Å²) in [4.78, 5) is 19.1. The van der Waals surface area contributed by atoms with Gasteiger partial charge in [0.05, 0.1) is 19.1 Å². The summed E-state index contributed by atoms with van der Waals surface area (Å²) >= 11 is 5.07. The minimum absolute atomic E-state index is 0.0803. The lowest BCUT2D eigenvalue weighted by atomic mass is 10.1. The number of unbranched alkanes of at least 4 members (excludes halogenated alkanes) is 1. The molecule has 2 N–H and O–H groups in total. The zero-order valence-electron chi connectivity index (χ0n) is 21.4. The van der Waals surface area contributed by atoms with Crippen molar-refractivity contribution in [1.82, 2.24) is 14.9 Å². The Morgan fingerprint density at radius 3 is 2.46 bits per heavy atom. The summed E-state index contributed by atoms with van der Waals surface area (Å²) in [5.74, 6) is 1.57. The predicted octanol–water partition coefficient (Wildman–Crippen LogP) is 3.50. The molecular weight excluding hydrogens is 512 g/mol. The second-order valence-electron chi connectivity index (χ2n) is 8.37. The first-order chi connectivity index (χ1) is 17.7. The van der Waals surface area contributed by atoms with Crippen molar-refractivity contribution in [1.29, 1.82) is 0 Å². The predicted molar refractivity (Wildman–Crippen MR) is 148 cm³/mol. The number of aliphatic imine (C=N–C) groups is 1. The van der Waals surface area contributed by atoms with Crippen molar-refractivity contribution in [3.05, 3.63) is 59.3 Å². The third kappa shape index (κ3) is 7.30. The van der Waals surface area contributed by atoms with E-state index < -0.39 is 10.0 Å². The summed E-state index contributed by atoms with van der Waals surface area (Å²) in [6.07, 6.45) is 4.12. The van der Waals surface area contributed by atoms with Gasteiger partial charge in [-0.15, -0.1) is 0 Å². The molecule has 9 nitrogen and oxygen atoms in total. The van der Waals surface area contributed by atoms with E-state index >= 15 is 0 Å². The minimum Gasteiger partial charge on any atom is -0.493 e. The van der Waals surface area contributed by atoms with E-state index in [1.165, 1.54) is 12.1 Å². The van der Waals surface area contributed by atoms with Crippen molar-refractivity contribution in [3.63, 3.8) is 0 Å². The van der Waals surface area contributed by atoms with Crippen LogP contribution in [-0.2, 0) is 21.2 Å². The van der Waals surface area contributed by atoms with Crippen molar-refractivity contribution in [2.45, 2.75) is 38.0 Å². The van der Waals surface area contributed by atoms with E-state index in [1.807, 2.05) is 13.0 Å². The summed E-state index contributed by atoms with van der Waals surface area (Å²) in [7, 11) is -0.652. The first kappa shape index (κ1) is 28.1. The van der Waals surface area contributed by atoms with Crippen LogP contribution >= 0.6 is 12.2 Å². The lowest BCUT2D eigenvalue weighted by molar-refractivity contribution is -0.122. The van der Waals surface area contributed by atoms with Crippen LogP contribution in [-0.4, -0.2) is 57.5 Å². The number of rotatable bonds is 11. The zero-order chi connectivity index (χ0) is 27.0. The van der Waals surface area contributed by atoms with Gasteiger partial charge in [0.25, 0.3) is 15.9 Å². The van der Waals surface area contributed by atoms with Crippen molar-refractivity contribution in [2.75, 3.05) is 27.3 Å². The van der Waals surface area contributed by atoms with Crippen molar-refractivity contribution >= 4 is 45.2 Å². The number of hydrogen-bond acceptors (Lipinski definition) is 7.